The topological polar surface area (TPSA) is 118 Å². The van der Waals surface area contributed by atoms with E-state index in [1.54, 1.807) is 17.6 Å². The van der Waals surface area contributed by atoms with Gasteiger partial charge in [0, 0.05) is 16.6 Å². The largest absolute Gasteiger partial charge is 0.489 e. The minimum atomic E-state index is -4.03. The minimum Gasteiger partial charge on any atom is -0.489 e. The lowest BCUT2D eigenvalue weighted by Crippen LogP contribution is -2.57. The molecule has 0 bridgehead atoms. The predicted molar refractivity (Wildman–Crippen MR) is 119 cm³/mol. The highest BCUT2D eigenvalue weighted by Crippen LogP contribution is 2.35. The average molecular weight is 456 g/mol. The van der Waals surface area contributed by atoms with Gasteiger partial charge < -0.3 is 10.1 Å². The fourth-order valence-corrected chi connectivity index (χ4v) is 6.14. The van der Waals surface area contributed by atoms with Gasteiger partial charge >= 0.3 is 0 Å². The Hall–Kier alpha value is -3.01. The summed E-state index contributed by atoms with van der Waals surface area (Å²) in [4.78, 5) is 16.9. The average Bonchev–Trinajstić information content (AvgIpc) is 2.82. The number of hydroxylamine groups is 1. The molecule has 0 aliphatic carbocycles. The van der Waals surface area contributed by atoms with Gasteiger partial charge in [0.2, 0.25) is 0 Å². The van der Waals surface area contributed by atoms with Crippen LogP contribution in [0.5, 0.6) is 5.75 Å². The summed E-state index contributed by atoms with van der Waals surface area (Å²) in [6, 6.07) is 15.8. The fourth-order valence-electron chi connectivity index (χ4n) is 4.17. The Morgan fingerprint density at radius 3 is 2.53 bits per heavy atom. The highest BCUT2D eigenvalue weighted by molar-refractivity contribution is 7.93. The molecule has 1 aliphatic heterocycles. The Labute approximate surface area is 186 Å². The summed E-state index contributed by atoms with van der Waals surface area (Å²) < 4.78 is 30.9. The van der Waals surface area contributed by atoms with Crippen LogP contribution in [0.4, 0.5) is 0 Å². The molecule has 32 heavy (non-hydrogen) atoms. The molecule has 1 aromatic heterocycles. The number of carbonyl (C=O) groups is 1. The molecule has 9 heteroatoms. The van der Waals surface area contributed by atoms with Crippen molar-refractivity contribution in [2.75, 3.05) is 13.1 Å². The van der Waals surface area contributed by atoms with Gasteiger partial charge in [-0.2, -0.15) is 0 Å². The third-order valence-corrected chi connectivity index (χ3v) is 8.41. The van der Waals surface area contributed by atoms with E-state index in [9.17, 15) is 18.4 Å². The summed E-state index contributed by atoms with van der Waals surface area (Å²) in [6.07, 6.45) is 0.156. The van der Waals surface area contributed by atoms with Crippen molar-refractivity contribution in [1.29, 1.82) is 0 Å². The third kappa shape index (κ3) is 3.94. The van der Waals surface area contributed by atoms with Crippen molar-refractivity contribution in [3.63, 3.8) is 0 Å². The summed E-state index contributed by atoms with van der Waals surface area (Å²) in [5, 5.41) is 13.2. The molecule has 1 fully saturated rings. The molecular formula is C23H25N3O5S. The highest BCUT2D eigenvalue weighted by Gasteiger charge is 2.51. The lowest BCUT2D eigenvalue weighted by Gasteiger charge is -2.34. The first-order valence-electron chi connectivity index (χ1n) is 10.4. The number of hydrogen-bond donors (Lipinski definition) is 3. The van der Waals surface area contributed by atoms with E-state index in [1.807, 2.05) is 37.3 Å². The van der Waals surface area contributed by atoms with Gasteiger partial charge in [0.15, 0.2) is 14.6 Å². The number of aromatic nitrogens is 1. The van der Waals surface area contributed by atoms with Crippen molar-refractivity contribution >= 4 is 26.6 Å². The number of aryl methyl sites for hydroxylation is 1. The molecule has 3 aromatic rings. The first-order chi connectivity index (χ1) is 15.4. The number of piperidine rings is 1. The molecule has 0 radical (unpaired) electrons. The molecule has 1 amide bonds. The van der Waals surface area contributed by atoms with Crippen LogP contribution in [0.15, 0.2) is 59.5 Å². The van der Waals surface area contributed by atoms with Crippen LogP contribution in [0.25, 0.3) is 10.9 Å². The summed E-state index contributed by atoms with van der Waals surface area (Å²) in [5.74, 6) is -0.396. The number of sulfone groups is 1. The van der Waals surface area contributed by atoms with E-state index >= 15 is 0 Å². The van der Waals surface area contributed by atoms with Crippen LogP contribution in [0.2, 0.25) is 0 Å². The van der Waals surface area contributed by atoms with E-state index < -0.39 is 20.5 Å². The zero-order valence-corrected chi connectivity index (χ0v) is 18.5. The number of fused-ring (bicyclic) bond motifs is 1. The maximum atomic E-state index is 13.3. The van der Waals surface area contributed by atoms with Crippen molar-refractivity contribution in [1.82, 2.24) is 15.8 Å². The Kier molecular flexibility index (Phi) is 6.14. The number of pyridine rings is 1. The quantitative estimate of drug-likeness (QED) is 0.386. The van der Waals surface area contributed by atoms with E-state index in [4.69, 9.17) is 4.74 Å². The zero-order valence-electron chi connectivity index (χ0n) is 17.7. The van der Waals surface area contributed by atoms with Crippen molar-refractivity contribution in [2.24, 2.45) is 0 Å². The minimum absolute atomic E-state index is 0.0144. The van der Waals surface area contributed by atoms with Crippen LogP contribution < -0.4 is 15.5 Å². The second kappa shape index (κ2) is 8.85. The van der Waals surface area contributed by atoms with Crippen LogP contribution in [0.3, 0.4) is 0 Å². The Balaban J connectivity index is 1.56. The molecule has 2 heterocycles. The van der Waals surface area contributed by atoms with E-state index in [0.29, 0.717) is 25.4 Å². The van der Waals surface area contributed by atoms with Crippen molar-refractivity contribution in [3.8, 4) is 5.75 Å². The summed E-state index contributed by atoms with van der Waals surface area (Å²) >= 11 is 0. The van der Waals surface area contributed by atoms with Gasteiger partial charge in [-0.15, -0.1) is 0 Å². The number of nitrogens with zero attached hydrogens (tertiary/aromatic N) is 1. The number of hydrogen-bond acceptors (Lipinski definition) is 7. The molecule has 1 saturated heterocycles. The zero-order chi connectivity index (χ0) is 22.8. The van der Waals surface area contributed by atoms with Crippen LogP contribution >= 0.6 is 0 Å². The number of para-hydroxylation sites is 1. The smallest absolute Gasteiger partial charge is 0.265 e. The monoisotopic (exact) mass is 455 g/mol. The summed E-state index contributed by atoms with van der Waals surface area (Å²) in [6.45, 7) is 2.97. The summed E-state index contributed by atoms with van der Waals surface area (Å²) in [7, 11) is -4.03. The number of ether oxygens (including phenoxy) is 1. The molecule has 8 nitrogen and oxygen atoms in total. The summed E-state index contributed by atoms with van der Waals surface area (Å²) in [5.41, 5.74) is 4.31. The Bertz CT molecular complexity index is 1240. The number of carbonyl (C=O) groups excluding carboxylic acids is 1. The SMILES string of the molecule is Cc1cc(COc2ccc(S(=O)(=O)C3(C(=O)NO)CCNCC3)cc2)c2ccccc2n1. The van der Waals surface area contributed by atoms with Gasteiger partial charge in [-0.05, 0) is 69.3 Å². The number of rotatable bonds is 6. The number of benzene rings is 2. The van der Waals surface area contributed by atoms with Crippen LogP contribution in [-0.2, 0) is 21.2 Å². The first kappa shape index (κ1) is 22.2. The van der Waals surface area contributed by atoms with Crippen LogP contribution in [0, 0.1) is 6.92 Å². The molecule has 3 N–H and O–H groups in total. The maximum absolute atomic E-state index is 13.3. The van der Waals surface area contributed by atoms with Crippen molar-refractivity contribution in [3.05, 3.63) is 65.9 Å². The number of amides is 1. The third-order valence-electron chi connectivity index (χ3n) is 5.90. The van der Waals surface area contributed by atoms with Crippen LogP contribution in [-0.4, -0.2) is 42.4 Å². The van der Waals surface area contributed by atoms with Gasteiger partial charge in [-0.25, -0.2) is 13.9 Å². The van der Waals surface area contributed by atoms with Gasteiger partial charge in [0.05, 0.1) is 10.4 Å². The van der Waals surface area contributed by atoms with Gasteiger partial charge in [0.1, 0.15) is 12.4 Å². The highest BCUT2D eigenvalue weighted by atomic mass is 32.2. The van der Waals surface area contributed by atoms with Crippen molar-refractivity contribution < 1.29 is 23.2 Å². The Morgan fingerprint density at radius 2 is 1.84 bits per heavy atom. The Morgan fingerprint density at radius 1 is 1.16 bits per heavy atom. The molecule has 168 valence electrons. The predicted octanol–water partition coefficient (Wildman–Crippen LogP) is 2.52. The lowest BCUT2D eigenvalue weighted by molar-refractivity contribution is -0.132. The lowest BCUT2D eigenvalue weighted by atomic mass is 9.96. The fraction of sp³-hybridized carbons (Fsp3) is 0.304. The molecule has 2 aromatic carbocycles. The second-order valence-corrected chi connectivity index (χ2v) is 10.1. The number of nitrogens with one attached hydrogen (secondary N) is 2. The normalized spacial score (nSPS) is 15.9. The first-order valence-corrected chi connectivity index (χ1v) is 11.8. The molecular weight excluding hydrogens is 430 g/mol. The molecule has 0 spiro atoms. The molecule has 4 rings (SSSR count). The van der Waals surface area contributed by atoms with E-state index in [1.165, 1.54) is 12.1 Å². The van der Waals surface area contributed by atoms with E-state index in [-0.39, 0.29) is 17.7 Å². The van der Waals surface area contributed by atoms with Crippen LogP contribution in [0.1, 0.15) is 24.1 Å². The molecule has 1 aliphatic rings. The van der Waals surface area contributed by atoms with E-state index in [0.717, 1.165) is 22.2 Å². The standard InChI is InChI=1S/C23H25N3O5S/c1-16-14-17(20-4-2-3-5-21(20)25-16)15-31-18-6-8-19(9-7-18)32(29,30)23(22(27)26-28)10-12-24-13-11-23/h2-9,14,24,28H,10-13,15H2,1H3,(H,26,27). The molecule has 0 atom stereocenters. The van der Waals surface area contributed by atoms with Gasteiger partial charge in [0.25, 0.3) is 5.91 Å². The van der Waals surface area contributed by atoms with Crippen molar-refractivity contribution in [2.45, 2.75) is 36.0 Å². The molecule has 0 saturated carbocycles. The van der Waals surface area contributed by atoms with E-state index in [2.05, 4.69) is 10.3 Å². The maximum Gasteiger partial charge on any atom is 0.265 e. The van der Waals surface area contributed by atoms with Gasteiger partial charge in [-0.1, -0.05) is 18.2 Å². The second-order valence-electron chi connectivity index (χ2n) is 7.89. The van der Waals surface area contributed by atoms with Gasteiger partial charge in [-0.3, -0.25) is 15.0 Å². The molecule has 0 unspecified atom stereocenters.